The Bertz CT molecular complexity index is 5180. The van der Waals surface area contributed by atoms with Crippen LogP contribution < -0.4 is 70.0 Å². The summed E-state index contributed by atoms with van der Waals surface area (Å²) in [4.78, 5) is 243. The molecule has 10 atom stereocenters. The molecular weight excluding hydrogens is 1670 g/mol. The smallest absolute Gasteiger partial charge is 0.335 e. The largest absolute Gasteiger partial charge is 0.508 e. The minimum Gasteiger partial charge on any atom is -0.508 e. The molecule has 678 valence electrons. The third-order valence-electron chi connectivity index (χ3n) is 20.4. The number of hydrogen-bond acceptors (Lipinski definition) is 23. The molecule has 0 bridgehead atoms. The number of likely N-dealkylation sites (tertiary alicyclic amines) is 1. The quantitative estimate of drug-likeness (QED) is 0.0147. The second kappa shape index (κ2) is 48.0. The first-order chi connectivity index (χ1) is 61.0. The number of amides is 12. The van der Waals surface area contributed by atoms with Crippen LogP contribution in [-0.2, 0) is 92.9 Å². The monoisotopic (exact) mass is 1770 g/mol. The molecule has 1 aliphatic rings. The van der Waals surface area contributed by atoms with Crippen LogP contribution in [-0.4, -0.2) is 233 Å². The second-order valence-corrected chi connectivity index (χ2v) is 30.2. The number of ether oxygens (including phenoxy) is 1. The number of phenolic OH excluding ortho intramolecular Hbond substituents is 1. The molecule has 1 unspecified atom stereocenters. The van der Waals surface area contributed by atoms with E-state index in [9.17, 15) is 117 Å². The maximum absolute atomic E-state index is 14.5. The zero-order chi connectivity index (χ0) is 93.3. The molecule has 7 aromatic rings. The Morgan fingerprint density at radius 2 is 1.01 bits per heavy atom. The van der Waals surface area contributed by atoms with E-state index in [-0.39, 0.29) is 81.6 Å². The molecule has 0 saturated carbocycles. The maximum atomic E-state index is 14.5. The number of unbranched alkanes of at least 4 members (excludes halogenated alkanes) is 1. The van der Waals surface area contributed by atoms with E-state index >= 15 is 0 Å². The number of aromatic carboxylic acids is 2. The van der Waals surface area contributed by atoms with Gasteiger partial charge in [-0.05, 0) is 171 Å². The number of nitrogens with zero attached hydrogens (tertiary/aromatic N) is 2. The Morgan fingerprint density at radius 1 is 0.477 bits per heavy atom. The summed E-state index contributed by atoms with van der Waals surface area (Å²) in [5.41, 5.74) is 13.3. The number of hydrogen-bond donors (Lipinski definition) is 20. The summed E-state index contributed by atoms with van der Waals surface area (Å²) in [6.45, 7) is 0.578. The van der Waals surface area contributed by atoms with Crippen LogP contribution in [0.2, 0.25) is 0 Å². The van der Waals surface area contributed by atoms with Crippen molar-refractivity contribution in [3.8, 4) is 5.75 Å². The van der Waals surface area contributed by atoms with Crippen molar-refractivity contribution in [3.05, 3.63) is 202 Å². The molecule has 22 N–H and O–H groups in total. The van der Waals surface area contributed by atoms with E-state index in [4.69, 9.17) is 21.3 Å². The summed E-state index contributed by atoms with van der Waals surface area (Å²) >= 11 is 0. The SMILES string of the molecule is C[C@@H](NC(=O)c1ccncc1)C(=O)N1CCC[C@H]1C(=O)Nc1ccc(COC(=O)[C@H](CCC(=O)NC(CCCNC(=O)C[C@@H](NC(=O)c2cc(C(=O)O)cc(C(=O)O)c2)C(=O)NCCCC[C@@H](NC(=O)[C@@H](Cc2ccc3ccccc3c2)NC(=O)[C@@H](Cc2ccc(O)cc2)NC(=O)[C@@H](N)Cc2ccc(N)cc2)C(=O)O)C(=O)O)NC(=O)N[C@@H](CCC(=O)O)C(=O)O)cc1. The van der Waals surface area contributed by atoms with Gasteiger partial charge in [-0.1, -0.05) is 78.9 Å². The summed E-state index contributed by atoms with van der Waals surface area (Å²) in [7, 11) is 0. The lowest BCUT2D eigenvalue weighted by Crippen LogP contribution is -2.58. The third kappa shape index (κ3) is 31.1. The molecule has 12 amide bonds. The molecule has 41 heteroatoms. The number of carbonyl (C=O) groups excluding carboxylic acids is 12. The first-order valence-electron chi connectivity index (χ1n) is 40.6. The second-order valence-electron chi connectivity index (χ2n) is 30.2. The number of nitrogens with two attached hydrogens (primary N) is 2. The Kier molecular flexibility index (Phi) is 36.7. The van der Waals surface area contributed by atoms with Gasteiger partial charge in [0.2, 0.25) is 47.3 Å². The molecule has 0 radical (unpaired) electrons. The summed E-state index contributed by atoms with van der Waals surface area (Å²) in [6, 6.07) is 20.1. The molecule has 0 aliphatic carbocycles. The van der Waals surface area contributed by atoms with E-state index in [1.165, 1.54) is 84.9 Å². The molecular formula is C87H99N15O26. The van der Waals surface area contributed by atoms with E-state index in [1.54, 1.807) is 48.5 Å². The number of pyridine rings is 1. The highest BCUT2D eigenvalue weighted by atomic mass is 16.5. The van der Waals surface area contributed by atoms with Gasteiger partial charge in [-0.2, -0.15) is 0 Å². The average molecular weight is 1770 g/mol. The van der Waals surface area contributed by atoms with Gasteiger partial charge < -0.3 is 115 Å². The minimum absolute atomic E-state index is 0.0380. The number of benzene rings is 6. The number of anilines is 2. The van der Waals surface area contributed by atoms with Crippen molar-refractivity contribution in [3.63, 3.8) is 0 Å². The molecule has 0 spiro atoms. The van der Waals surface area contributed by atoms with Crippen LogP contribution in [0.5, 0.6) is 5.75 Å². The standard InChI is InChI=1S/C87H99N15O26/c1-47(93-73(108)53-31-35-90-36-32-53)80(115)102-37-7-12-69(102)79(114)94-59-23-16-50(17-24-59)46-128-86(126)65(101-87(127)100-64(85(124)125)28-30-72(106)107)27-29-70(104)95-62(83(120)121)11-6-34-91-71(105)45-68(97-74(109)55-42-56(81(116)117)44-57(43-55)82(118)119)76(111)92-33-5-4-10-63(84(122)123)96-77(112)67(41-51-13-20-52-8-2-3-9-54(52)38-51)99-78(113)66(40-49-18-25-60(103)26-19-49)98-75(110)61(89)39-48-14-21-58(88)22-15-48/h2-3,8-9,13-26,31-32,35-36,38,42-44,47,61-69,103H,4-7,10-12,27-30,33-34,37,39-41,45-46,88-89H2,1H3,(H,91,105)(H,92,111)(H,93,108)(H,94,114)(H,95,104)(H,96,112)(H,97,109)(H,98,110)(H,99,113)(H,106,107)(H,116,117)(H,118,119)(H,120,121)(H,122,123)(H,124,125)(H2,100,101,127)/t47-,61+,62?,63-,64+,65+,66-,67-,68-,69+/m1/s1. The fourth-order valence-electron chi connectivity index (χ4n) is 13.5. The highest BCUT2D eigenvalue weighted by Gasteiger charge is 2.38. The number of aromatic hydroxyl groups is 1. The molecule has 2 heterocycles. The summed E-state index contributed by atoms with van der Waals surface area (Å²) in [5.74, 6) is -19.1. The Morgan fingerprint density at radius 3 is 1.64 bits per heavy atom. The van der Waals surface area contributed by atoms with E-state index in [2.05, 4.69) is 58.2 Å². The van der Waals surface area contributed by atoms with Crippen LogP contribution >= 0.6 is 0 Å². The van der Waals surface area contributed by atoms with Crippen LogP contribution in [0.1, 0.15) is 148 Å². The third-order valence-corrected chi connectivity index (χ3v) is 20.4. The van der Waals surface area contributed by atoms with Crippen LogP contribution in [0.4, 0.5) is 16.2 Å². The van der Waals surface area contributed by atoms with E-state index in [0.717, 1.165) is 29.0 Å². The Balaban J connectivity index is 0.873. The molecule has 128 heavy (non-hydrogen) atoms. The lowest BCUT2D eigenvalue weighted by molar-refractivity contribution is -0.148. The average Bonchev–Trinajstić information content (AvgIpc) is 1.83. The van der Waals surface area contributed by atoms with Gasteiger partial charge >= 0.3 is 47.8 Å². The number of phenols is 1. The number of aromatic nitrogens is 1. The van der Waals surface area contributed by atoms with E-state index < -0.39 is 229 Å². The van der Waals surface area contributed by atoms with Gasteiger partial charge in [0.1, 0.15) is 66.7 Å². The lowest BCUT2D eigenvalue weighted by atomic mass is 9.99. The number of nitrogen functional groups attached to an aromatic ring is 1. The summed E-state index contributed by atoms with van der Waals surface area (Å²) < 4.78 is 5.47. The van der Waals surface area contributed by atoms with Gasteiger partial charge in [-0.3, -0.25) is 57.7 Å². The number of nitrogens with one attached hydrogen (secondary N) is 11. The lowest BCUT2D eigenvalue weighted by Gasteiger charge is -2.27. The highest BCUT2D eigenvalue weighted by molar-refractivity contribution is 6.04. The number of urea groups is 1. The normalized spacial score (nSPS) is 14.2. The predicted octanol–water partition coefficient (Wildman–Crippen LogP) is 2.01. The molecule has 1 aromatic heterocycles. The molecule has 41 nitrogen and oxygen atoms in total. The zero-order valence-electron chi connectivity index (χ0n) is 69.2. The van der Waals surface area contributed by atoms with Crippen molar-refractivity contribution < 1.29 is 127 Å². The number of aliphatic carboxylic acids is 4. The topological polar surface area (TPSA) is 659 Å². The van der Waals surface area contributed by atoms with Crippen molar-refractivity contribution in [2.45, 2.75) is 170 Å². The number of carboxylic acids is 6. The Hall–Kier alpha value is -15.5. The fraction of sp³-hybridized carbons (Fsp3) is 0.345. The van der Waals surface area contributed by atoms with Gasteiger partial charge in [0.05, 0.1) is 23.6 Å². The number of rotatable bonds is 48. The minimum atomic E-state index is -1.84. The van der Waals surface area contributed by atoms with Crippen LogP contribution in [0.3, 0.4) is 0 Å². The number of carbonyl (C=O) groups is 18. The Labute approximate surface area is 730 Å². The molecule has 6 aromatic carbocycles. The predicted molar refractivity (Wildman–Crippen MR) is 454 cm³/mol. The molecule has 1 aliphatic heterocycles. The van der Waals surface area contributed by atoms with Gasteiger partial charge in [-0.15, -0.1) is 0 Å². The zero-order valence-corrected chi connectivity index (χ0v) is 69.2. The van der Waals surface area contributed by atoms with Gasteiger partial charge in [0, 0.05) is 80.2 Å². The van der Waals surface area contributed by atoms with Crippen LogP contribution in [0.25, 0.3) is 10.8 Å². The van der Waals surface area contributed by atoms with Crippen molar-refractivity contribution in [2.75, 3.05) is 30.7 Å². The highest BCUT2D eigenvalue weighted by Crippen LogP contribution is 2.24. The fourth-order valence-corrected chi connectivity index (χ4v) is 13.5. The number of carboxylic acid groups (broad SMARTS) is 6. The summed E-state index contributed by atoms with van der Waals surface area (Å²) in [6.07, 6.45) is -1.21. The van der Waals surface area contributed by atoms with Crippen LogP contribution in [0.15, 0.2) is 158 Å². The molecule has 1 fully saturated rings. The molecule has 1 saturated heterocycles. The van der Waals surface area contributed by atoms with Crippen molar-refractivity contribution in [1.82, 2.24) is 63.1 Å². The van der Waals surface area contributed by atoms with E-state index in [0.29, 0.717) is 40.8 Å². The van der Waals surface area contributed by atoms with Crippen molar-refractivity contribution in [1.29, 1.82) is 0 Å². The first-order valence-corrected chi connectivity index (χ1v) is 40.6. The summed E-state index contributed by atoms with van der Waals surface area (Å²) in [5, 5.41) is 97.7. The number of fused-ring (bicyclic) bond motifs is 1. The van der Waals surface area contributed by atoms with Crippen molar-refractivity contribution >= 4 is 129 Å². The van der Waals surface area contributed by atoms with Gasteiger partial charge in [-0.25, -0.2) is 33.6 Å². The van der Waals surface area contributed by atoms with Gasteiger partial charge in [0.25, 0.3) is 11.8 Å². The van der Waals surface area contributed by atoms with Crippen LogP contribution in [0, 0.1) is 0 Å². The van der Waals surface area contributed by atoms with E-state index in [1.807, 2.05) is 23.5 Å². The van der Waals surface area contributed by atoms with Crippen molar-refractivity contribution in [2.24, 2.45) is 5.73 Å². The molecule has 8 rings (SSSR count). The maximum Gasteiger partial charge on any atom is 0.335 e. The number of esters is 1. The first kappa shape index (κ1) is 98.0. The van der Waals surface area contributed by atoms with Gasteiger partial charge in [0.15, 0.2) is 0 Å².